The third-order valence-electron chi connectivity index (χ3n) is 5.14. The van der Waals surface area contributed by atoms with Gasteiger partial charge in [-0.25, -0.2) is 0 Å². The highest BCUT2D eigenvalue weighted by atomic mass is 16.5. The molecule has 6 heteroatoms. The number of nitrogens with zero attached hydrogens (tertiary/aromatic N) is 2. The lowest BCUT2D eigenvalue weighted by atomic mass is 10.1. The molecule has 1 amide bonds. The summed E-state index contributed by atoms with van der Waals surface area (Å²) in [5.74, 6) is 0.0588. The SMILES string of the molecule is COc1ccc(C)cc1CC(=O)O[C@@H](C)C(=O)N1CCN(c2ccccc2)CC1. The summed E-state index contributed by atoms with van der Waals surface area (Å²) in [6.07, 6.45) is -0.730. The standard InChI is InChI=1S/C23H28N2O4/c1-17-9-10-21(28-3)19(15-17)16-22(26)29-18(2)23(27)25-13-11-24(12-14-25)20-7-5-4-6-8-20/h4-10,15,18H,11-14,16H2,1-3H3/t18-/m0/s1. The van der Waals surface area contributed by atoms with Gasteiger partial charge in [0, 0.05) is 37.4 Å². The molecule has 2 aromatic carbocycles. The van der Waals surface area contributed by atoms with Crippen LogP contribution in [0, 0.1) is 6.92 Å². The van der Waals surface area contributed by atoms with Crippen molar-refractivity contribution in [3.63, 3.8) is 0 Å². The molecule has 0 aliphatic carbocycles. The normalized spacial score (nSPS) is 15.0. The van der Waals surface area contributed by atoms with Crippen molar-refractivity contribution in [3.05, 3.63) is 59.7 Å². The summed E-state index contributed by atoms with van der Waals surface area (Å²) in [5, 5.41) is 0. The highest BCUT2D eigenvalue weighted by Gasteiger charge is 2.27. The van der Waals surface area contributed by atoms with Gasteiger partial charge in [-0.1, -0.05) is 35.9 Å². The fraction of sp³-hybridized carbons (Fsp3) is 0.391. The number of aryl methyl sites for hydroxylation is 1. The van der Waals surface area contributed by atoms with E-state index in [1.807, 2.05) is 43.3 Å². The number of methoxy groups -OCH3 is 1. The molecule has 1 atom stereocenters. The molecule has 1 fully saturated rings. The molecule has 0 saturated carbocycles. The van der Waals surface area contributed by atoms with E-state index >= 15 is 0 Å². The fourth-order valence-corrected chi connectivity index (χ4v) is 3.57. The number of esters is 1. The Hall–Kier alpha value is -3.02. The smallest absolute Gasteiger partial charge is 0.311 e. The Balaban J connectivity index is 1.52. The predicted octanol–water partition coefficient (Wildman–Crippen LogP) is 2.83. The molecule has 0 N–H and O–H groups in total. The fourth-order valence-electron chi connectivity index (χ4n) is 3.57. The van der Waals surface area contributed by atoms with Gasteiger partial charge in [-0.05, 0) is 32.0 Å². The number of para-hydroxylation sites is 1. The monoisotopic (exact) mass is 396 g/mol. The number of carbonyl (C=O) groups excluding carboxylic acids is 2. The number of amides is 1. The molecular weight excluding hydrogens is 368 g/mol. The van der Waals surface area contributed by atoms with Gasteiger partial charge < -0.3 is 19.3 Å². The Bertz CT molecular complexity index is 845. The summed E-state index contributed by atoms with van der Waals surface area (Å²) in [5.41, 5.74) is 2.95. The summed E-state index contributed by atoms with van der Waals surface area (Å²) >= 11 is 0. The van der Waals surface area contributed by atoms with E-state index in [2.05, 4.69) is 17.0 Å². The lowest BCUT2D eigenvalue weighted by Gasteiger charge is -2.37. The summed E-state index contributed by atoms with van der Waals surface area (Å²) in [4.78, 5) is 29.1. The quantitative estimate of drug-likeness (QED) is 0.703. The van der Waals surface area contributed by atoms with E-state index in [0.717, 1.165) is 29.9 Å². The van der Waals surface area contributed by atoms with E-state index in [9.17, 15) is 9.59 Å². The topological polar surface area (TPSA) is 59.1 Å². The van der Waals surface area contributed by atoms with Crippen molar-refractivity contribution in [1.82, 2.24) is 4.90 Å². The molecule has 2 aromatic rings. The van der Waals surface area contributed by atoms with Gasteiger partial charge in [0.25, 0.3) is 5.91 Å². The van der Waals surface area contributed by atoms with Crippen LogP contribution in [0.2, 0.25) is 0 Å². The summed E-state index contributed by atoms with van der Waals surface area (Å²) in [6.45, 7) is 6.34. The summed E-state index contributed by atoms with van der Waals surface area (Å²) < 4.78 is 10.7. The maximum Gasteiger partial charge on any atom is 0.311 e. The zero-order valence-electron chi connectivity index (χ0n) is 17.3. The minimum absolute atomic E-state index is 0.0737. The number of ether oxygens (including phenoxy) is 2. The van der Waals surface area contributed by atoms with Gasteiger partial charge in [-0.2, -0.15) is 0 Å². The Kier molecular flexibility index (Phi) is 6.75. The van der Waals surface area contributed by atoms with Crippen molar-refractivity contribution in [2.75, 3.05) is 38.2 Å². The molecule has 1 saturated heterocycles. The first kappa shape index (κ1) is 20.7. The van der Waals surface area contributed by atoms with E-state index in [0.29, 0.717) is 18.8 Å². The van der Waals surface area contributed by atoms with Crippen molar-refractivity contribution < 1.29 is 19.1 Å². The summed E-state index contributed by atoms with van der Waals surface area (Å²) in [7, 11) is 1.57. The third-order valence-corrected chi connectivity index (χ3v) is 5.14. The number of hydrogen-bond donors (Lipinski definition) is 0. The Morgan fingerprint density at radius 3 is 2.38 bits per heavy atom. The molecule has 0 radical (unpaired) electrons. The molecule has 0 bridgehead atoms. The van der Waals surface area contributed by atoms with Crippen LogP contribution in [-0.2, 0) is 20.7 Å². The van der Waals surface area contributed by atoms with E-state index in [4.69, 9.17) is 9.47 Å². The Labute approximate surface area is 172 Å². The van der Waals surface area contributed by atoms with Crippen LogP contribution < -0.4 is 9.64 Å². The number of anilines is 1. The molecule has 0 spiro atoms. The van der Waals surface area contributed by atoms with Crippen LogP contribution in [0.4, 0.5) is 5.69 Å². The third kappa shape index (κ3) is 5.28. The first-order chi connectivity index (χ1) is 14.0. The Morgan fingerprint density at radius 2 is 1.72 bits per heavy atom. The van der Waals surface area contributed by atoms with Gasteiger partial charge in [0.1, 0.15) is 5.75 Å². The average molecular weight is 396 g/mol. The van der Waals surface area contributed by atoms with Gasteiger partial charge in [0.2, 0.25) is 0 Å². The number of rotatable bonds is 6. The molecule has 1 heterocycles. The minimum atomic E-state index is -0.804. The van der Waals surface area contributed by atoms with Gasteiger partial charge in [0.05, 0.1) is 13.5 Å². The predicted molar refractivity (Wildman–Crippen MR) is 112 cm³/mol. The molecule has 1 aliphatic rings. The average Bonchev–Trinajstić information content (AvgIpc) is 2.74. The molecule has 154 valence electrons. The van der Waals surface area contributed by atoms with Gasteiger partial charge in [-0.15, -0.1) is 0 Å². The zero-order valence-corrected chi connectivity index (χ0v) is 17.3. The maximum absolute atomic E-state index is 12.7. The van der Waals surface area contributed by atoms with Crippen LogP contribution in [0.15, 0.2) is 48.5 Å². The van der Waals surface area contributed by atoms with Crippen molar-refractivity contribution in [3.8, 4) is 5.75 Å². The van der Waals surface area contributed by atoms with Gasteiger partial charge >= 0.3 is 5.97 Å². The van der Waals surface area contributed by atoms with Crippen LogP contribution in [0.25, 0.3) is 0 Å². The molecule has 0 unspecified atom stereocenters. The molecular formula is C23H28N2O4. The number of hydrogen-bond acceptors (Lipinski definition) is 5. The second kappa shape index (κ2) is 9.45. The zero-order chi connectivity index (χ0) is 20.8. The number of carbonyl (C=O) groups is 2. The van der Waals surface area contributed by atoms with Crippen LogP contribution >= 0.6 is 0 Å². The van der Waals surface area contributed by atoms with E-state index in [-0.39, 0.29) is 12.3 Å². The largest absolute Gasteiger partial charge is 0.496 e. The van der Waals surface area contributed by atoms with Gasteiger partial charge in [-0.3, -0.25) is 9.59 Å². The molecule has 6 nitrogen and oxygen atoms in total. The highest BCUT2D eigenvalue weighted by Crippen LogP contribution is 2.21. The van der Waals surface area contributed by atoms with Crippen molar-refractivity contribution in [2.24, 2.45) is 0 Å². The molecule has 29 heavy (non-hydrogen) atoms. The first-order valence-corrected chi connectivity index (χ1v) is 9.89. The Morgan fingerprint density at radius 1 is 1.03 bits per heavy atom. The second-order valence-electron chi connectivity index (χ2n) is 7.27. The van der Waals surface area contributed by atoms with Crippen LogP contribution in [0.1, 0.15) is 18.1 Å². The van der Waals surface area contributed by atoms with E-state index in [1.54, 1.807) is 18.9 Å². The van der Waals surface area contributed by atoms with Crippen LogP contribution in [0.3, 0.4) is 0 Å². The summed E-state index contributed by atoms with van der Waals surface area (Å²) in [6, 6.07) is 15.8. The molecule has 1 aliphatic heterocycles. The van der Waals surface area contributed by atoms with Crippen molar-refractivity contribution in [1.29, 1.82) is 0 Å². The van der Waals surface area contributed by atoms with E-state index in [1.165, 1.54) is 0 Å². The lowest BCUT2D eigenvalue weighted by Crippen LogP contribution is -2.51. The lowest BCUT2D eigenvalue weighted by molar-refractivity contribution is -0.158. The minimum Gasteiger partial charge on any atom is -0.496 e. The maximum atomic E-state index is 12.7. The first-order valence-electron chi connectivity index (χ1n) is 9.89. The number of benzene rings is 2. The number of piperazine rings is 1. The molecule has 3 rings (SSSR count). The molecule has 0 aromatic heterocycles. The highest BCUT2D eigenvalue weighted by molar-refractivity contribution is 5.84. The van der Waals surface area contributed by atoms with Crippen LogP contribution in [0.5, 0.6) is 5.75 Å². The van der Waals surface area contributed by atoms with E-state index < -0.39 is 12.1 Å². The van der Waals surface area contributed by atoms with Gasteiger partial charge in [0.15, 0.2) is 6.10 Å². The van der Waals surface area contributed by atoms with Crippen molar-refractivity contribution in [2.45, 2.75) is 26.4 Å². The second-order valence-corrected chi connectivity index (χ2v) is 7.27. The van der Waals surface area contributed by atoms with Crippen molar-refractivity contribution >= 4 is 17.6 Å². The van der Waals surface area contributed by atoms with Crippen LogP contribution in [-0.4, -0.2) is 56.2 Å².